The summed E-state index contributed by atoms with van der Waals surface area (Å²) < 4.78 is 10.1. The van der Waals surface area contributed by atoms with Gasteiger partial charge in [-0.15, -0.1) is 0 Å². The Balaban J connectivity index is 0.000000280. The molecule has 2 heterocycles. The lowest BCUT2D eigenvalue weighted by Crippen LogP contribution is -2.32. The second-order valence-corrected chi connectivity index (χ2v) is 8.15. The summed E-state index contributed by atoms with van der Waals surface area (Å²) in [4.78, 5) is 24.9. The fourth-order valence-corrected chi connectivity index (χ4v) is 4.35. The molecule has 2 aliphatic rings. The van der Waals surface area contributed by atoms with Crippen LogP contribution in [0, 0.1) is 0 Å². The lowest BCUT2D eigenvalue weighted by molar-refractivity contribution is -0.139. The molecule has 2 aromatic carbocycles. The fraction of sp³-hybridized carbons (Fsp3) is 0.308. The van der Waals surface area contributed by atoms with Crippen molar-refractivity contribution in [2.75, 3.05) is 13.7 Å². The van der Waals surface area contributed by atoms with Crippen LogP contribution in [0.15, 0.2) is 71.1 Å². The minimum Gasteiger partial charge on any atom is -0.466 e. The molecule has 6 nitrogen and oxygen atoms in total. The molecule has 2 N–H and O–H groups in total. The highest BCUT2D eigenvalue weighted by Crippen LogP contribution is 2.41. The molecule has 0 bridgehead atoms. The number of ether oxygens (including phenoxy) is 2. The van der Waals surface area contributed by atoms with Crippen molar-refractivity contribution in [3.05, 3.63) is 92.8 Å². The van der Waals surface area contributed by atoms with Crippen molar-refractivity contribution in [3.63, 3.8) is 0 Å². The van der Waals surface area contributed by atoms with E-state index in [1.165, 1.54) is 18.2 Å². The third kappa shape index (κ3) is 5.46. The highest BCUT2D eigenvalue weighted by atomic mass is 35.5. The number of dihydropyridines is 1. The van der Waals surface area contributed by atoms with Crippen LogP contribution in [0.25, 0.3) is 0 Å². The lowest BCUT2D eigenvalue weighted by atomic mass is 9.80. The maximum Gasteiger partial charge on any atom is 0.336 e. The van der Waals surface area contributed by atoms with Crippen molar-refractivity contribution in [2.24, 2.45) is 0 Å². The van der Waals surface area contributed by atoms with Gasteiger partial charge in [-0.25, -0.2) is 9.59 Å². The van der Waals surface area contributed by atoms with E-state index in [1.54, 1.807) is 39.0 Å². The van der Waals surface area contributed by atoms with Crippen molar-refractivity contribution in [2.45, 2.75) is 39.8 Å². The van der Waals surface area contributed by atoms with Gasteiger partial charge in [0, 0.05) is 29.5 Å². The van der Waals surface area contributed by atoms with Crippen molar-refractivity contribution in [1.29, 1.82) is 0 Å². The molecule has 0 spiro atoms. The molecule has 4 rings (SSSR count). The average Bonchev–Trinajstić information content (AvgIpc) is 3.28. The maximum absolute atomic E-state index is 12.5. The topological polar surface area (TPSA) is 76.7 Å². The molecule has 0 fully saturated rings. The van der Waals surface area contributed by atoms with Gasteiger partial charge >= 0.3 is 11.9 Å². The Hall–Kier alpha value is -3.09. The van der Waals surface area contributed by atoms with E-state index in [0.717, 1.165) is 13.1 Å². The quantitative estimate of drug-likeness (QED) is 0.638. The van der Waals surface area contributed by atoms with Gasteiger partial charge in [0.25, 0.3) is 0 Å². The Morgan fingerprint density at radius 1 is 0.939 bits per heavy atom. The highest BCUT2D eigenvalue weighted by Gasteiger charge is 2.38. The van der Waals surface area contributed by atoms with Gasteiger partial charge in [0.05, 0.1) is 30.8 Å². The largest absolute Gasteiger partial charge is 0.466 e. The normalized spacial score (nSPS) is 16.9. The van der Waals surface area contributed by atoms with Crippen LogP contribution in [0.2, 0.25) is 5.02 Å². The summed E-state index contributed by atoms with van der Waals surface area (Å²) in [5.74, 6) is -1.65. The highest BCUT2D eigenvalue weighted by molar-refractivity contribution is 6.31. The first-order valence-corrected chi connectivity index (χ1v) is 11.2. The molecule has 7 heteroatoms. The summed E-state index contributed by atoms with van der Waals surface area (Å²) in [6.07, 6.45) is 0. The molecule has 2 aromatic rings. The van der Waals surface area contributed by atoms with Crippen molar-refractivity contribution in [1.82, 2.24) is 10.6 Å². The summed E-state index contributed by atoms with van der Waals surface area (Å²) in [5.41, 5.74) is 5.52. The molecular weight excluding hydrogens is 440 g/mol. The van der Waals surface area contributed by atoms with E-state index in [4.69, 9.17) is 21.1 Å². The number of allylic oxidation sites excluding steroid dienone is 2. The number of esters is 2. The number of carbonyl (C=O) groups is 2. The number of hydrogen-bond acceptors (Lipinski definition) is 6. The summed E-state index contributed by atoms with van der Waals surface area (Å²) in [5, 5.41) is 6.82. The van der Waals surface area contributed by atoms with E-state index in [-0.39, 0.29) is 6.61 Å². The molecule has 1 unspecified atom stereocenters. The van der Waals surface area contributed by atoms with Gasteiger partial charge in [-0.3, -0.25) is 0 Å². The minimum atomic E-state index is -0.647. The van der Waals surface area contributed by atoms with E-state index in [2.05, 4.69) is 34.9 Å². The maximum atomic E-state index is 12.5. The van der Waals surface area contributed by atoms with Gasteiger partial charge in [0.1, 0.15) is 0 Å². The third-order valence-corrected chi connectivity index (χ3v) is 5.97. The number of hydrogen-bond donors (Lipinski definition) is 2. The van der Waals surface area contributed by atoms with Crippen LogP contribution in [-0.4, -0.2) is 25.7 Å². The van der Waals surface area contributed by atoms with Gasteiger partial charge in [0.15, 0.2) is 0 Å². The summed E-state index contributed by atoms with van der Waals surface area (Å²) in [7, 11) is 1.31. The Bertz CT molecular complexity index is 1080. The number of rotatable bonds is 4. The average molecular weight is 469 g/mol. The minimum absolute atomic E-state index is 0.237. The second-order valence-electron chi connectivity index (χ2n) is 7.74. The molecule has 0 saturated heterocycles. The van der Waals surface area contributed by atoms with Gasteiger partial charge in [-0.05, 0) is 43.5 Å². The number of benzene rings is 2. The Morgan fingerprint density at radius 3 is 2.03 bits per heavy atom. The third-order valence-electron chi connectivity index (χ3n) is 5.63. The standard InChI is InChI=1S/C18H20ClNO4.C8H9N/c1-5-24-18(22)15-11(3)20-10(2)14(17(21)23-4)16(15)12-8-6-7-9-13(12)19;1-2-4-8-6-9-5-7(8)3-1/h6-9,16,20H,5H2,1-4H3;1-4,9H,5-6H2. The van der Waals surface area contributed by atoms with Crippen LogP contribution in [0.4, 0.5) is 0 Å². The van der Waals surface area contributed by atoms with E-state index >= 15 is 0 Å². The molecule has 0 saturated carbocycles. The summed E-state index contributed by atoms with van der Waals surface area (Å²) >= 11 is 6.34. The Labute approximate surface area is 199 Å². The number of halogens is 1. The van der Waals surface area contributed by atoms with Gasteiger partial charge in [0.2, 0.25) is 0 Å². The molecule has 1 atom stereocenters. The van der Waals surface area contributed by atoms with Crippen LogP contribution in [0.3, 0.4) is 0 Å². The van der Waals surface area contributed by atoms with Crippen LogP contribution >= 0.6 is 11.6 Å². The summed E-state index contributed by atoms with van der Waals surface area (Å²) in [6.45, 7) is 7.61. The first kappa shape index (κ1) is 24.6. The van der Waals surface area contributed by atoms with Gasteiger partial charge in [-0.1, -0.05) is 54.1 Å². The van der Waals surface area contributed by atoms with Gasteiger partial charge in [-0.2, -0.15) is 0 Å². The zero-order valence-electron chi connectivity index (χ0n) is 19.3. The molecule has 174 valence electrons. The molecule has 0 radical (unpaired) electrons. The summed E-state index contributed by atoms with van der Waals surface area (Å²) in [6, 6.07) is 15.7. The predicted octanol–water partition coefficient (Wildman–Crippen LogP) is 4.60. The smallest absolute Gasteiger partial charge is 0.336 e. The second kappa shape index (κ2) is 11.2. The number of carbonyl (C=O) groups excluding carboxylic acids is 2. The lowest BCUT2D eigenvalue weighted by Gasteiger charge is -2.30. The SMILES string of the molecule is CCOC(=O)C1=C(C)NC(C)=C(C(=O)OC)C1c1ccccc1Cl.c1ccc2c(c1)CNC2. The zero-order valence-corrected chi connectivity index (χ0v) is 20.1. The van der Waals surface area contributed by atoms with Crippen molar-refractivity contribution >= 4 is 23.5 Å². The first-order chi connectivity index (χ1) is 15.9. The Kier molecular flexibility index (Phi) is 8.31. The van der Waals surface area contributed by atoms with Crippen LogP contribution in [0.1, 0.15) is 43.4 Å². The number of methoxy groups -OCH3 is 1. The van der Waals surface area contributed by atoms with Crippen molar-refractivity contribution < 1.29 is 19.1 Å². The monoisotopic (exact) mass is 468 g/mol. The molecular formula is C26H29ClN2O4. The molecule has 0 aliphatic carbocycles. The molecule has 33 heavy (non-hydrogen) atoms. The molecule has 2 aliphatic heterocycles. The molecule has 0 aromatic heterocycles. The van der Waals surface area contributed by atoms with E-state index in [1.807, 2.05) is 6.07 Å². The zero-order chi connectivity index (χ0) is 24.0. The first-order valence-electron chi connectivity index (χ1n) is 10.8. The van der Waals surface area contributed by atoms with Crippen molar-refractivity contribution in [3.8, 4) is 0 Å². The van der Waals surface area contributed by atoms with E-state index in [9.17, 15) is 9.59 Å². The van der Waals surface area contributed by atoms with E-state index in [0.29, 0.717) is 33.1 Å². The van der Waals surface area contributed by atoms with Crippen LogP contribution in [-0.2, 0) is 32.2 Å². The van der Waals surface area contributed by atoms with E-state index < -0.39 is 17.9 Å². The fourth-order valence-electron chi connectivity index (χ4n) is 4.11. The van der Waals surface area contributed by atoms with Crippen LogP contribution in [0.5, 0.6) is 0 Å². The van der Waals surface area contributed by atoms with Gasteiger partial charge < -0.3 is 20.1 Å². The Morgan fingerprint density at radius 2 is 1.48 bits per heavy atom. The number of fused-ring (bicyclic) bond motifs is 1. The number of nitrogens with one attached hydrogen (secondary N) is 2. The van der Waals surface area contributed by atoms with Crippen LogP contribution < -0.4 is 10.6 Å². The predicted molar refractivity (Wildman–Crippen MR) is 128 cm³/mol. The molecule has 0 amide bonds.